The second kappa shape index (κ2) is 6.32. The normalized spacial score (nSPS) is 16.0. The summed E-state index contributed by atoms with van der Waals surface area (Å²) < 4.78 is 7.17. The summed E-state index contributed by atoms with van der Waals surface area (Å²) in [6.45, 7) is 3.43. The van der Waals surface area contributed by atoms with Crippen LogP contribution in [0.15, 0.2) is 36.5 Å². The zero-order valence-electron chi connectivity index (χ0n) is 13.0. The lowest BCUT2D eigenvalue weighted by molar-refractivity contribution is 0.0350. The zero-order chi connectivity index (χ0) is 15.5. The average molecular weight is 299 g/mol. The summed E-state index contributed by atoms with van der Waals surface area (Å²) in [5, 5.41) is 4.38. The second-order valence-electron chi connectivity index (χ2n) is 5.62. The zero-order valence-corrected chi connectivity index (χ0v) is 13.0. The molecular formula is C17H21N3O2. The molecule has 0 N–H and O–H groups in total. The van der Waals surface area contributed by atoms with Crippen molar-refractivity contribution in [2.45, 2.75) is 25.9 Å². The van der Waals surface area contributed by atoms with Crippen molar-refractivity contribution < 1.29 is 9.53 Å². The van der Waals surface area contributed by atoms with Crippen molar-refractivity contribution >= 4 is 5.91 Å². The highest BCUT2D eigenvalue weighted by molar-refractivity contribution is 5.95. The molecule has 3 rings (SSSR count). The number of hydrogen-bond acceptors (Lipinski definition) is 3. The number of rotatable bonds is 3. The molecule has 1 amide bonds. The molecule has 2 heterocycles. The van der Waals surface area contributed by atoms with E-state index in [2.05, 4.69) is 5.10 Å². The van der Waals surface area contributed by atoms with E-state index in [1.807, 2.05) is 46.8 Å². The van der Waals surface area contributed by atoms with Crippen LogP contribution in [0, 0.1) is 6.92 Å². The van der Waals surface area contributed by atoms with Gasteiger partial charge in [0.05, 0.1) is 29.2 Å². The molecule has 0 spiro atoms. The Morgan fingerprint density at radius 3 is 2.55 bits per heavy atom. The Hall–Kier alpha value is -2.14. The molecule has 0 unspecified atom stereocenters. The fourth-order valence-corrected chi connectivity index (χ4v) is 2.91. The molecule has 1 aromatic carbocycles. The van der Waals surface area contributed by atoms with E-state index < -0.39 is 0 Å². The lowest BCUT2D eigenvalue weighted by Gasteiger charge is -2.31. The molecule has 1 saturated heterocycles. The summed E-state index contributed by atoms with van der Waals surface area (Å²) >= 11 is 0. The minimum atomic E-state index is 0.0641. The predicted molar refractivity (Wildman–Crippen MR) is 84.2 cm³/mol. The minimum absolute atomic E-state index is 0.0641. The van der Waals surface area contributed by atoms with E-state index in [0.717, 1.165) is 37.3 Å². The van der Waals surface area contributed by atoms with Crippen molar-refractivity contribution in [2.75, 3.05) is 20.2 Å². The quantitative estimate of drug-likeness (QED) is 0.874. The van der Waals surface area contributed by atoms with Crippen LogP contribution < -0.4 is 0 Å². The number of para-hydroxylation sites is 1. The van der Waals surface area contributed by atoms with Crippen LogP contribution in [0.1, 0.15) is 28.9 Å². The standard InChI is InChI=1S/C17H21N3O2/c1-13-16(12-18-20(13)14-6-4-3-5-7-14)17(21)19-10-8-15(22-2)9-11-19/h3-7,12,15H,8-11H2,1-2H3. The molecule has 5 heteroatoms. The number of carbonyl (C=O) groups excluding carboxylic acids is 1. The van der Waals surface area contributed by atoms with Gasteiger partial charge in [-0.15, -0.1) is 0 Å². The average Bonchev–Trinajstić information content (AvgIpc) is 2.96. The van der Waals surface area contributed by atoms with Gasteiger partial charge in [0.2, 0.25) is 0 Å². The second-order valence-corrected chi connectivity index (χ2v) is 5.62. The Morgan fingerprint density at radius 1 is 1.23 bits per heavy atom. The first-order valence-electron chi connectivity index (χ1n) is 7.63. The monoisotopic (exact) mass is 299 g/mol. The highest BCUT2D eigenvalue weighted by Gasteiger charge is 2.25. The van der Waals surface area contributed by atoms with Crippen LogP contribution in [0.3, 0.4) is 0 Å². The summed E-state index contributed by atoms with van der Waals surface area (Å²) in [7, 11) is 1.73. The summed E-state index contributed by atoms with van der Waals surface area (Å²) in [4.78, 5) is 14.6. The molecule has 1 aromatic heterocycles. The third-order valence-electron chi connectivity index (χ3n) is 4.30. The number of aromatic nitrogens is 2. The number of benzene rings is 1. The molecule has 1 fully saturated rings. The maximum absolute atomic E-state index is 12.7. The first kappa shape index (κ1) is 14.8. The van der Waals surface area contributed by atoms with Crippen LogP contribution in [0.2, 0.25) is 0 Å². The minimum Gasteiger partial charge on any atom is -0.381 e. The molecule has 5 nitrogen and oxygen atoms in total. The highest BCUT2D eigenvalue weighted by atomic mass is 16.5. The van der Waals surface area contributed by atoms with Gasteiger partial charge in [0.25, 0.3) is 5.91 Å². The van der Waals surface area contributed by atoms with Gasteiger partial charge < -0.3 is 9.64 Å². The maximum Gasteiger partial charge on any atom is 0.257 e. The summed E-state index contributed by atoms with van der Waals surface area (Å²) in [6.07, 6.45) is 3.74. The fraction of sp³-hybridized carbons (Fsp3) is 0.412. The van der Waals surface area contributed by atoms with E-state index in [0.29, 0.717) is 5.56 Å². The Balaban J connectivity index is 1.78. The van der Waals surface area contributed by atoms with Gasteiger partial charge in [-0.2, -0.15) is 5.10 Å². The number of methoxy groups -OCH3 is 1. The number of likely N-dealkylation sites (tertiary alicyclic amines) is 1. The largest absolute Gasteiger partial charge is 0.381 e. The van der Waals surface area contributed by atoms with Crippen molar-refractivity contribution in [2.24, 2.45) is 0 Å². The molecule has 0 atom stereocenters. The number of hydrogen-bond donors (Lipinski definition) is 0. The third kappa shape index (κ3) is 2.76. The molecule has 0 radical (unpaired) electrons. The van der Waals surface area contributed by atoms with Crippen molar-refractivity contribution in [3.63, 3.8) is 0 Å². The van der Waals surface area contributed by atoms with E-state index >= 15 is 0 Å². The van der Waals surface area contributed by atoms with Crippen LogP contribution in [0.5, 0.6) is 0 Å². The molecule has 0 aliphatic carbocycles. The molecular weight excluding hydrogens is 278 g/mol. The van der Waals surface area contributed by atoms with E-state index in [9.17, 15) is 4.79 Å². The Morgan fingerprint density at radius 2 is 1.91 bits per heavy atom. The number of ether oxygens (including phenoxy) is 1. The number of piperidine rings is 1. The van der Waals surface area contributed by atoms with Gasteiger partial charge in [-0.1, -0.05) is 18.2 Å². The number of amides is 1. The first-order chi connectivity index (χ1) is 10.7. The van der Waals surface area contributed by atoms with Gasteiger partial charge in [0.1, 0.15) is 0 Å². The number of nitrogens with zero attached hydrogens (tertiary/aromatic N) is 3. The van der Waals surface area contributed by atoms with E-state index in [1.54, 1.807) is 13.3 Å². The van der Waals surface area contributed by atoms with E-state index in [1.165, 1.54) is 0 Å². The predicted octanol–water partition coefficient (Wildman–Crippen LogP) is 2.43. The topological polar surface area (TPSA) is 47.4 Å². The van der Waals surface area contributed by atoms with Crippen molar-refractivity contribution in [1.29, 1.82) is 0 Å². The van der Waals surface area contributed by atoms with Gasteiger partial charge in [0, 0.05) is 20.2 Å². The van der Waals surface area contributed by atoms with Gasteiger partial charge in [-0.05, 0) is 31.9 Å². The van der Waals surface area contributed by atoms with E-state index in [4.69, 9.17) is 4.74 Å². The molecule has 1 aliphatic heterocycles. The van der Waals surface area contributed by atoms with Crippen LogP contribution in [0.25, 0.3) is 5.69 Å². The van der Waals surface area contributed by atoms with Crippen molar-refractivity contribution in [3.05, 3.63) is 47.8 Å². The maximum atomic E-state index is 12.7. The first-order valence-corrected chi connectivity index (χ1v) is 7.63. The molecule has 1 aliphatic rings. The summed E-state index contributed by atoms with van der Waals surface area (Å²) in [6, 6.07) is 9.87. The number of carbonyl (C=O) groups is 1. The van der Waals surface area contributed by atoms with Crippen LogP contribution in [-0.2, 0) is 4.74 Å². The Kier molecular flexibility index (Phi) is 4.24. The molecule has 0 bridgehead atoms. The molecule has 22 heavy (non-hydrogen) atoms. The molecule has 2 aromatic rings. The van der Waals surface area contributed by atoms with Crippen LogP contribution in [-0.4, -0.2) is 46.9 Å². The SMILES string of the molecule is COC1CCN(C(=O)c2cnn(-c3ccccc3)c2C)CC1. The fourth-order valence-electron chi connectivity index (χ4n) is 2.91. The van der Waals surface area contributed by atoms with Gasteiger partial charge in [-0.25, -0.2) is 4.68 Å². The lowest BCUT2D eigenvalue weighted by atomic mass is 10.1. The van der Waals surface area contributed by atoms with Crippen LogP contribution >= 0.6 is 0 Å². The highest BCUT2D eigenvalue weighted by Crippen LogP contribution is 2.19. The van der Waals surface area contributed by atoms with Crippen LogP contribution in [0.4, 0.5) is 0 Å². The van der Waals surface area contributed by atoms with Crippen molar-refractivity contribution in [1.82, 2.24) is 14.7 Å². The summed E-state index contributed by atoms with van der Waals surface area (Å²) in [5.41, 5.74) is 2.53. The smallest absolute Gasteiger partial charge is 0.257 e. The molecule has 116 valence electrons. The van der Waals surface area contributed by atoms with Crippen molar-refractivity contribution in [3.8, 4) is 5.69 Å². The lowest BCUT2D eigenvalue weighted by Crippen LogP contribution is -2.40. The summed E-state index contributed by atoms with van der Waals surface area (Å²) in [5.74, 6) is 0.0641. The van der Waals surface area contributed by atoms with Gasteiger partial charge in [-0.3, -0.25) is 4.79 Å². The van der Waals surface area contributed by atoms with Gasteiger partial charge in [0.15, 0.2) is 0 Å². The van der Waals surface area contributed by atoms with Gasteiger partial charge >= 0.3 is 0 Å². The Labute approximate surface area is 130 Å². The molecule has 0 saturated carbocycles. The Bertz CT molecular complexity index is 643. The van der Waals surface area contributed by atoms with E-state index in [-0.39, 0.29) is 12.0 Å². The third-order valence-corrected chi connectivity index (χ3v) is 4.30.